The van der Waals surface area contributed by atoms with Crippen LogP contribution in [0.4, 0.5) is 13.2 Å². The Morgan fingerprint density at radius 1 is 1.21 bits per heavy atom. The van der Waals surface area contributed by atoms with E-state index in [1.54, 1.807) is 0 Å². The lowest BCUT2D eigenvalue weighted by molar-refractivity contribution is -0.139. The average Bonchev–Trinajstić information content (AvgIpc) is 2.19. The van der Waals surface area contributed by atoms with Crippen LogP contribution in [0.2, 0.25) is 0 Å². The van der Waals surface area contributed by atoms with E-state index in [0.717, 1.165) is 0 Å². The van der Waals surface area contributed by atoms with Crippen molar-refractivity contribution in [2.45, 2.75) is 31.3 Å². The van der Waals surface area contributed by atoms with E-state index in [-0.39, 0.29) is 10.6 Å². The van der Waals surface area contributed by atoms with Gasteiger partial charge in [0, 0.05) is 0 Å². The average molecular weight is 297 g/mol. The van der Waals surface area contributed by atoms with Gasteiger partial charge in [0.2, 0.25) is 10.0 Å². The zero-order valence-electron chi connectivity index (χ0n) is 10.4. The summed E-state index contributed by atoms with van der Waals surface area (Å²) in [5.41, 5.74) is 0.743. The molecule has 0 bridgehead atoms. The highest BCUT2D eigenvalue weighted by Crippen LogP contribution is 2.26. The lowest BCUT2D eigenvalue weighted by Crippen LogP contribution is -2.15. The van der Waals surface area contributed by atoms with Gasteiger partial charge >= 0.3 is 6.18 Å². The minimum atomic E-state index is -4.29. The standard InChI is InChI=1S/C11H14F3NO3S/c1-7-6-10(19(15,16)17)8(2)5-9(7)18-4-3-11(12,13)14/h5-6H,3-4H2,1-2H3,(H2,15,16,17). The first-order valence-electron chi connectivity index (χ1n) is 5.34. The van der Waals surface area contributed by atoms with Crippen LogP contribution >= 0.6 is 0 Å². The van der Waals surface area contributed by atoms with Crippen molar-refractivity contribution in [2.75, 3.05) is 6.61 Å². The van der Waals surface area contributed by atoms with Crippen molar-refractivity contribution in [1.29, 1.82) is 0 Å². The third-order valence-electron chi connectivity index (χ3n) is 2.42. The molecule has 4 nitrogen and oxygen atoms in total. The quantitative estimate of drug-likeness (QED) is 0.927. The minimum Gasteiger partial charge on any atom is -0.493 e. The van der Waals surface area contributed by atoms with Crippen molar-refractivity contribution in [1.82, 2.24) is 0 Å². The zero-order chi connectivity index (χ0) is 14.8. The number of aryl methyl sites for hydroxylation is 2. The molecule has 1 aromatic rings. The Morgan fingerprint density at radius 2 is 1.79 bits per heavy atom. The van der Waals surface area contributed by atoms with Crippen LogP contribution < -0.4 is 9.88 Å². The molecule has 0 aromatic heterocycles. The summed E-state index contributed by atoms with van der Waals surface area (Å²) in [4.78, 5) is -0.0619. The molecule has 0 aliphatic carbocycles. The zero-order valence-corrected chi connectivity index (χ0v) is 11.2. The molecule has 0 aliphatic rings. The molecule has 2 N–H and O–H groups in total. The summed E-state index contributed by atoms with van der Waals surface area (Å²) < 4.78 is 63.5. The number of nitrogens with two attached hydrogens (primary N) is 1. The Balaban J connectivity index is 2.91. The molecule has 0 fully saturated rings. The number of halogens is 3. The van der Waals surface area contributed by atoms with E-state index in [1.165, 1.54) is 26.0 Å². The molecule has 19 heavy (non-hydrogen) atoms. The van der Waals surface area contributed by atoms with Crippen LogP contribution in [0.3, 0.4) is 0 Å². The van der Waals surface area contributed by atoms with Crippen molar-refractivity contribution in [3.63, 3.8) is 0 Å². The summed E-state index contributed by atoms with van der Waals surface area (Å²) >= 11 is 0. The van der Waals surface area contributed by atoms with E-state index in [4.69, 9.17) is 9.88 Å². The van der Waals surface area contributed by atoms with Crippen LogP contribution in [0.5, 0.6) is 5.75 Å². The van der Waals surface area contributed by atoms with Gasteiger partial charge in [-0.25, -0.2) is 13.6 Å². The topological polar surface area (TPSA) is 69.4 Å². The van der Waals surface area contributed by atoms with Crippen molar-refractivity contribution >= 4 is 10.0 Å². The Kier molecular flexibility index (Phi) is 4.46. The molecule has 1 rings (SSSR count). The number of benzene rings is 1. The predicted octanol–water partition coefficient (Wildman–Crippen LogP) is 2.28. The van der Waals surface area contributed by atoms with Crippen molar-refractivity contribution in [2.24, 2.45) is 5.14 Å². The molecule has 0 atom stereocenters. The van der Waals surface area contributed by atoms with E-state index >= 15 is 0 Å². The van der Waals surface area contributed by atoms with Gasteiger partial charge in [-0.15, -0.1) is 0 Å². The van der Waals surface area contributed by atoms with E-state index in [0.29, 0.717) is 11.1 Å². The summed E-state index contributed by atoms with van der Waals surface area (Å²) in [5, 5.41) is 5.02. The second-order valence-corrected chi connectivity index (χ2v) is 5.67. The van der Waals surface area contributed by atoms with Gasteiger partial charge in [-0.05, 0) is 37.1 Å². The molecule has 0 aliphatic heterocycles. The molecule has 0 saturated heterocycles. The van der Waals surface area contributed by atoms with Crippen LogP contribution in [0.15, 0.2) is 17.0 Å². The van der Waals surface area contributed by atoms with Gasteiger partial charge in [0.05, 0.1) is 17.9 Å². The molecule has 108 valence electrons. The largest absolute Gasteiger partial charge is 0.493 e. The fourth-order valence-corrected chi connectivity index (χ4v) is 2.35. The summed E-state index contributed by atoms with van der Waals surface area (Å²) in [6, 6.07) is 2.65. The van der Waals surface area contributed by atoms with Gasteiger partial charge in [-0.2, -0.15) is 13.2 Å². The maximum Gasteiger partial charge on any atom is 0.392 e. The Morgan fingerprint density at radius 3 is 2.26 bits per heavy atom. The summed E-state index contributed by atoms with van der Waals surface area (Å²) in [7, 11) is -3.85. The lowest BCUT2D eigenvalue weighted by Gasteiger charge is -2.13. The minimum absolute atomic E-state index is 0.0619. The van der Waals surface area contributed by atoms with Crippen molar-refractivity contribution < 1.29 is 26.3 Å². The van der Waals surface area contributed by atoms with Crippen LogP contribution in [0.1, 0.15) is 17.5 Å². The van der Waals surface area contributed by atoms with Crippen LogP contribution in [-0.4, -0.2) is 21.2 Å². The maximum absolute atomic E-state index is 12.0. The molecule has 1 aromatic carbocycles. The Bertz CT molecular complexity index is 567. The highest BCUT2D eigenvalue weighted by atomic mass is 32.2. The molecule has 0 amide bonds. The van der Waals surface area contributed by atoms with Crippen molar-refractivity contribution in [3.05, 3.63) is 23.3 Å². The number of hydrogen-bond acceptors (Lipinski definition) is 3. The summed E-state index contributed by atoms with van der Waals surface area (Å²) in [5.74, 6) is 0.217. The highest BCUT2D eigenvalue weighted by Gasteiger charge is 2.27. The van der Waals surface area contributed by atoms with Gasteiger partial charge in [-0.1, -0.05) is 0 Å². The summed E-state index contributed by atoms with van der Waals surface area (Å²) in [6.45, 7) is 2.52. The van der Waals surface area contributed by atoms with Gasteiger partial charge in [-0.3, -0.25) is 0 Å². The van der Waals surface area contributed by atoms with Crippen LogP contribution in [0.25, 0.3) is 0 Å². The molecule has 0 radical (unpaired) electrons. The fourth-order valence-electron chi connectivity index (χ4n) is 1.50. The number of primary sulfonamides is 1. The fraction of sp³-hybridized carbons (Fsp3) is 0.455. The number of alkyl halides is 3. The normalized spacial score (nSPS) is 12.5. The first-order chi connectivity index (χ1) is 8.50. The number of hydrogen-bond donors (Lipinski definition) is 1. The van der Waals surface area contributed by atoms with Crippen molar-refractivity contribution in [3.8, 4) is 5.75 Å². The second-order valence-electron chi connectivity index (χ2n) is 4.14. The lowest BCUT2D eigenvalue weighted by atomic mass is 10.1. The smallest absolute Gasteiger partial charge is 0.392 e. The third-order valence-corrected chi connectivity index (χ3v) is 3.48. The Labute approximate surface area is 109 Å². The summed E-state index contributed by atoms with van der Waals surface area (Å²) in [6.07, 6.45) is -5.36. The number of ether oxygens (including phenoxy) is 1. The second kappa shape index (κ2) is 5.38. The molecular formula is C11H14F3NO3S. The molecular weight excluding hydrogens is 283 g/mol. The monoisotopic (exact) mass is 297 g/mol. The highest BCUT2D eigenvalue weighted by molar-refractivity contribution is 7.89. The SMILES string of the molecule is Cc1cc(S(N)(=O)=O)c(C)cc1OCCC(F)(F)F. The Hall–Kier alpha value is -1.28. The number of rotatable bonds is 4. The van der Waals surface area contributed by atoms with Crippen LogP contribution in [0, 0.1) is 13.8 Å². The van der Waals surface area contributed by atoms with Crippen LogP contribution in [-0.2, 0) is 10.0 Å². The first-order valence-corrected chi connectivity index (χ1v) is 6.89. The molecule has 0 heterocycles. The van der Waals surface area contributed by atoms with E-state index in [9.17, 15) is 21.6 Å². The first kappa shape index (κ1) is 15.8. The van der Waals surface area contributed by atoms with Gasteiger partial charge in [0.1, 0.15) is 5.75 Å². The molecule has 0 spiro atoms. The third kappa shape index (κ3) is 4.71. The van der Waals surface area contributed by atoms with Gasteiger partial charge in [0.15, 0.2) is 0 Å². The van der Waals surface area contributed by atoms with Gasteiger partial charge in [0.25, 0.3) is 0 Å². The van der Waals surface area contributed by atoms with E-state index in [1.807, 2.05) is 0 Å². The maximum atomic E-state index is 12.0. The van der Waals surface area contributed by atoms with E-state index < -0.39 is 29.2 Å². The van der Waals surface area contributed by atoms with Gasteiger partial charge < -0.3 is 4.74 Å². The number of sulfonamides is 1. The predicted molar refractivity (Wildman–Crippen MR) is 63.5 cm³/mol. The molecule has 0 unspecified atom stereocenters. The molecule has 8 heteroatoms. The van der Waals surface area contributed by atoms with E-state index in [2.05, 4.69) is 0 Å². The molecule has 0 saturated carbocycles.